The maximum Gasteiger partial charge on any atom is 0.141 e. The van der Waals surface area contributed by atoms with Crippen LogP contribution in [-0.4, -0.2) is 27.5 Å². The summed E-state index contributed by atoms with van der Waals surface area (Å²) in [5, 5.41) is 0. The fourth-order valence-corrected chi connectivity index (χ4v) is 3.67. The summed E-state index contributed by atoms with van der Waals surface area (Å²) in [6.07, 6.45) is 7.02. The molecule has 3 rings (SSSR count). The maximum absolute atomic E-state index is 4.74. The second-order valence-corrected chi connectivity index (χ2v) is 6.42. The first-order valence-electron chi connectivity index (χ1n) is 8.56. The Morgan fingerprint density at radius 3 is 2.68 bits per heavy atom. The summed E-state index contributed by atoms with van der Waals surface area (Å²) in [6, 6.07) is 9.24. The Hall–Kier alpha value is -1.61. The van der Waals surface area contributed by atoms with E-state index in [1.54, 1.807) is 0 Å². The summed E-state index contributed by atoms with van der Waals surface area (Å²) in [6.45, 7) is 9.03. The highest BCUT2D eigenvalue weighted by molar-refractivity contribution is 5.41. The van der Waals surface area contributed by atoms with E-state index in [1.165, 1.54) is 55.7 Å². The fraction of sp³-hybridized carbons (Fsp3) is 0.526. The second kappa shape index (κ2) is 6.66. The van der Waals surface area contributed by atoms with E-state index in [4.69, 9.17) is 4.98 Å². The van der Waals surface area contributed by atoms with E-state index in [1.807, 2.05) is 6.20 Å². The highest BCUT2D eigenvalue weighted by Gasteiger charge is 2.28. The van der Waals surface area contributed by atoms with Crippen molar-refractivity contribution in [2.24, 2.45) is 0 Å². The van der Waals surface area contributed by atoms with Crippen molar-refractivity contribution in [2.75, 3.05) is 13.1 Å². The van der Waals surface area contributed by atoms with Crippen molar-refractivity contribution in [3.8, 4) is 5.82 Å². The molecule has 1 atom stereocenters. The third kappa shape index (κ3) is 2.82. The molecule has 0 aromatic carbocycles. The third-order valence-corrected chi connectivity index (χ3v) is 4.82. The Bertz CT molecular complexity index is 610. The second-order valence-electron chi connectivity index (χ2n) is 6.42. The zero-order chi connectivity index (χ0) is 15.5. The highest BCUT2D eigenvalue weighted by Crippen LogP contribution is 2.35. The first-order chi connectivity index (χ1) is 10.7. The predicted molar refractivity (Wildman–Crippen MR) is 91.5 cm³/mol. The molecule has 22 heavy (non-hydrogen) atoms. The van der Waals surface area contributed by atoms with Crippen LogP contribution in [0.5, 0.6) is 0 Å². The minimum Gasteiger partial charge on any atom is -0.303 e. The van der Waals surface area contributed by atoms with Crippen molar-refractivity contribution >= 4 is 0 Å². The summed E-state index contributed by atoms with van der Waals surface area (Å²) in [5.41, 5.74) is 3.91. The molecule has 1 fully saturated rings. The normalized spacial score (nSPS) is 19.0. The number of aryl methyl sites for hydroxylation is 2. The van der Waals surface area contributed by atoms with Crippen molar-refractivity contribution in [2.45, 2.75) is 52.5 Å². The summed E-state index contributed by atoms with van der Waals surface area (Å²) in [7, 11) is 0. The van der Waals surface area contributed by atoms with Gasteiger partial charge in [-0.05, 0) is 64.4 Å². The lowest BCUT2D eigenvalue weighted by Crippen LogP contribution is -2.25. The average molecular weight is 297 g/mol. The van der Waals surface area contributed by atoms with Crippen molar-refractivity contribution in [1.82, 2.24) is 14.5 Å². The first-order valence-corrected chi connectivity index (χ1v) is 8.56. The molecule has 1 aliphatic rings. The lowest BCUT2D eigenvalue weighted by molar-refractivity contribution is 0.252. The average Bonchev–Trinajstić information content (AvgIpc) is 3.12. The van der Waals surface area contributed by atoms with Gasteiger partial charge in [-0.3, -0.25) is 4.90 Å². The van der Waals surface area contributed by atoms with E-state index in [2.05, 4.69) is 54.5 Å². The van der Waals surface area contributed by atoms with Crippen LogP contribution in [0, 0.1) is 13.8 Å². The topological polar surface area (TPSA) is 21.1 Å². The van der Waals surface area contributed by atoms with Gasteiger partial charge in [0.1, 0.15) is 5.82 Å². The molecule has 3 nitrogen and oxygen atoms in total. The molecule has 3 heteroatoms. The molecule has 0 amide bonds. The molecule has 0 bridgehead atoms. The van der Waals surface area contributed by atoms with E-state index in [0.717, 1.165) is 5.82 Å². The van der Waals surface area contributed by atoms with Gasteiger partial charge in [-0.15, -0.1) is 0 Å². The Morgan fingerprint density at radius 1 is 1.18 bits per heavy atom. The number of aromatic nitrogens is 2. The van der Waals surface area contributed by atoms with Gasteiger partial charge >= 0.3 is 0 Å². The van der Waals surface area contributed by atoms with Crippen LogP contribution in [0.15, 0.2) is 30.5 Å². The zero-order valence-corrected chi connectivity index (χ0v) is 14.0. The molecule has 0 radical (unpaired) electrons. The SMILES string of the molecule is CCCCN1CCC[C@H]1c1cccnc1-n1c(C)ccc1C. The number of pyridine rings is 1. The first kappa shape index (κ1) is 15.3. The van der Waals surface area contributed by atoms with Crippen molar-refractivity contribution in [3.05, 3.63) is 47.4 Å². The van der Waals surface area contributed by atoms with Crippen molar-refractivity contribution < 1.29 is 0 Å². The molecule has 1 saturated heterocycles. The van der Waals surface area contributed by atoms with E-state index in [-0.39, 0.29) is 0 Å². The van der Waals surface area contributed by atoms with E-state index >= 15 is 0 Å². The van der Waals surface area contributed by atoms with Gasteiger partial charge in [-0.25, -0.2) is 4.98 Å². The van der Waals surface area contributed by atoms with Crippen LogP contribution in [-0.2, 0) is 0 Å². The molecule has 3 heterocycles. The molecule has 0 aliphatic carbocycles. The van der Waals surface area contributed by atoms with Crippen molar-refractivity contribution in [1.29, 1.82) is 0 Å². The van der Waals surface area contributed by atoms with Gasteiger partial charge in [0.2, 0.25) is 0 Å². The molecular weight excluding hydrogens is 270 g/mol. The Labute approximate surface area is 134 Å². The Balaban J connectivity index is 1.98. The van der Waals surface area contributed by atoms with Gasteiger partial charge in [0.25, 0.3) is 0 Å². The zero-order valence-electron chi connectivity index (χ0n) is 14.0. The van der Waals surface area contributed by atoms with Crippen molar-refractivity contribution in [3.63, 3.8) is 0 Å². The summed E-state index contributed by atoms with van der Waals surface area (Å²) in [4.78, 5) is 7.39. The lowest BCUT2D eigenvalue weighted by Gasteiger charge is -2.26. The van der Waals surface area contributed by atoms with Gasteiger partial charge in [0.05, 0.1) is 0 Å². The van der Waals surface area contributed by atoms with Crippen LogP contribution in [0.4, 0.5) is 0 Å². The van der Waals surface area contributed by atoms with Gasteiger partial charge in [0.15, 0.2) is 0 Å². The maximum atomic E-state index is 4.74. The molecular formula is C19H27N3. The van der Waals surface area contributed by atoms with Crippen LogP contribution in [0.2, 0.25) is 0 Å². The fourth-order valence-electron chi connectivity index (χ4n) is 3.67. The monoisotopic (exact) mass is 297 g/mol. The van der Waals surface area contributed by atoms with Gasteiger partial charge in [0, 0.05) is 29.2 Å². The van der Waals surface area contributed by atoms with E-state index < -0.39 is 0 Å². The number of likely N-dealkylation sites (tertiary alicyclic amines) is 1. The standard InChI is InChI=1S/C19H27N3/c1-4-5-13-21-14-7-9-18(21)17-8-6-12-20-19(17)22-15(2)10-11-16(22)3/h6,8,10-12,18H,4-5,7,9,13-14H2,1-3H3/t18-/m0/s1. The molecule has 118 valence electrons. The molecule has 0 unspecified atom stereocenters. The lowest BCUT2D eigenvalue weighted by atomic mass is 10.0. The van der Waals surface area contributed by atoms with Gasteiger partial charge in [-0.1, -0.05) is 19.4 Å². The molecule has 0 N–H and O–H groups in total. The third-order valence-electron chi connectivity index (χ3n) is 4.82. The molecule has 2 aromatic heterocycles. The minimum atomic E-state index is 0.524. The number of unbranched alkanes of at least 4 members (excludes halogenated alkanes) is 1. The van der Waals surface area contributed by atoms with Crippen LogP contribution < -0.4 is 0 Å². The summed E-state index contributed by atoms with van der Waals surface area (Å²) < 4.78 is 2.30. The Kier molecular flexibility index (Phi) is 4.63. The highest BCUT2D eigenvalue weighted by atomic mass is 15.2. The number of nitrogens with zero attached hydrogens (tertiary/aromatic N) is 3. The van der Waals surface area contributed by atoms with E-state index in [9.17, 15) is 0 Å². The smallest absolute Gasteiger partial charge is 0.141 e. The van der Waals surface area contributed by atoms with Crippen LogP contribution in [0.1, 0.15) is 55.6 Å². The quantitative estimate of drug-likeness (QED) is 0.814. The van der Waals surface area contributed by atoms with Crippen LogP contribution in [0.25, 0.3) is 5.82 Å². The minimum absolute atomic E-state index is 0.524. The Morgan fingerprint density at radius 2 is 1.95 bits per heavy atom. The number of rotatable bonds is 5. The predicted octanol–water partition coefficient (Wildman–Crippen LogP) is 4.43. The molecule has 1 aliphatic heterocycles. The largest absolute Gasteiger partial charge is 0.303 e. The molecule has 2 aromatic rings. The van der Waals surface area contributed by atoms with Gasteiger partial charge < -0.3 is 4.57 Å². The number of hydrogen-bond acceptors (Lipinski definition) is 2. The van der Waals surface area contributed by atoms with Crippen LogP contribution >= 0.6 is 0 Å². The summed E-state index contributed by atoms with van der Waals surface area (Å²) in [5.74, 6) is 1.12. The molecule has 0 saturated carbocycles. The van der Waals surface area contributed by atoms with Crippen LogP contribution in [0.3, 0.4) is 0 Å². The van der Waals surface area contributed by atoms with E-state index in [0.29, 0.717) is 6.04 Å². The van der Waals surface area contributed by atoms with Gasteiger partial charge in [-0.2, -0.15) is 0 Å². The summed E-state index contributed by atoms with van der Waals surface area (Å²) >= 11 is 0. The molecule has 0 spiro atoms. The number of hydrogen-bond donors (Lipinski definition) is 0.